The van der Waals surface area contributed by atoms with Gasteiger partial charge in [0.15, 0.2) is 0 Å². The Balaban J connectivity index is 1.79. The predicted octanol–water partition coefficient (Wildman–Crippen LogP) is 4.90. The number of halogens is 1. The molecule has 1 heterocycles. The van der Waals surface area contributed by atoms with Crippen molar-refractivity contribution in [1.82, 2.24) is 4.90 Å². The summed E-state index contributed by atoms with van der Waals surface area (Å²) in [7, 11) is 3.33. The molecule has 1 aliphatic rings. The Bertz CT molecular complexity index is 1100. The zero-order chi connectivity index (χ0) is 21.3. The van der Waals surface area contributed by atoms with Gasteiger partial charge in [0.25, 0.3) is 5.91 Å². The van der Waals surface area contributed by atoms with Crippen LogP contribution in [-0.2, 0) is 4.79 Å². The maximum Gasteiger partial charge on any atom is 0.254 e. The summed E-state index contributed by atoms with van der Waals surface area (Å²) in [6.07, 6.45) is 0. The Morgan fingerprint density at radius 1 is 1.03 bits per heavy atom. The van der Waals surface area contributed by atoms with Crippen molar-refractivity contribution >= 4 is 29.1 Å². The average Bonchev–Trinajstić information content (AvgIpc) is 2.76. The standard InChI is InChI=1S/C24H21ClN2O3/c1-27-22(15-10-12-18(30-2)13-11-15)21(19-8-3-4-9-20(19)24(27)29)23(28)26-17-7-5-6-16(25)14-17/h3-14,21-22H,1-2H3,(H,26,28)/t21-,22+/m0/s1. The molecule has 0 saturated carbocycles. The number of ether oxygens (including phenoxy) is 1. The first kappa shape index (κ1) is 20.0. The lowest BCUT2D eigenvalue weighted by Gasteiger charge is -2.39. The molecule has 4 rings (SSSR count). The molecule has 0 aliphatic carbocycles. The van der Waals surface area contributed by atoms with E-state index in [0.717, 1.165) is 5.56 Å². The van der Waals surface area contributed by atoms with Crippen LogP contribution in [0.1, 0.15) is 33.4 Å². The highest BCUT2D eigenvalue weighted by molar-refractivity contribution is 6.30. The molecule has 0 spiro atoms. The van der Waals surface area contributed by atoms with Crippen molar-refractivity contribution in [2.24, 2.45) is 0 Å². The molecule has 152 valence electrons. The average molecular weight is 421 g/mol. The number of likely N-dealkylation sites (N-methyl/N-ethyl adjacent to an activating group) is 1. The largest absolute Gasteiger partial charge is 0.497 e. The summed E-state index contributed by atoms with van der Waals surface area (Å²) in [5.41, 5.74) is 2.71. The predicted molar refractivity (Wildman–Crippen MR) is 117 cm³/mol. The molecular weight excluding hydrogens is 400 g/mol. The van der Waals surface area contributed by atoms with Gasteiger partial charge in [0, 0.05) is 23.3 Å². The van der Waals surface area contributed by atoms with Crippen molar-refractivity contribution in [3.8, 4) is 5.75 Å². The van der Waals surface area contributed by atoms with Gasteiger partial charge >= 0.3 is 0 Å². The van der Waals surface area contributed by atoms with Crippen molar-refractivity contribution in [1.29, 1.82) is 0 Å². The van der Waals surface area contributed by atoms with E-state index >= 15 is 0 Å². The maximum absolute atomic E-state index is 13.5. The third-order valence-corrected chi connectivity index (χ3v) is 5.65. The smallest absolute Gasteiger partial charge is 0.254 e. The molecule has 0 aromatic heterocycles. The van der Waals surface area contributed by atoms with Crippen LogP contribution >= 0.6 is 11.6 Å². The van der Waals surface area contributed by atoms with E-state index in [1.807, 2.05) is 42.5 Å². The van der Waals surface area contributed by atoms with E-state index < -0.39 is 12.0 Å². The molecule has 3 aromatic rings. The quantitative estimate of drug-likeness (QED) is 0.653. The summed E-state index contributed by atoms with van der Waals surface area (Å²) < 4.78 is 5.25. The first-order valence-electron chi connectivity index (χ1n) is 9.56. The monoisotopic (exact) mass is 420 g/mol. The molecule has 5 nitrogen and oxygen atoms in total. The third-order valence-electron chi connectivity index (χ3n) is 5.41. The number of fused-ring (bicyclic) bond motifs is 1. The minimum absolute atomic E-state index is 0.113. The van der Waals surface area contributed by atoms with Gasteiger partial charge in [-0.05, 0) is 47.5 Å². The number of hydrogen-bond donors (Lipinski definition) is 1. The molecule has 2 atom stereocenters. The van der Waals surface area contributed by atoms with Crippen molar-refractivity contribution in [2.45, 2.75) is 12.0 Å². The van der Waals surface area contributed by atoms with Crippen molar-refractivity contribution in [3.63, 3.8) is 0 Å². The Morgan fingerprint density at radius 2 is 1.77 bits per heavy atom. The van der Waals surface area contributed by atoms with Crippen molar-refractivity contribution < 1.29 is 14.3 Å². The highest BCUT2D eigenvalue weighted by Gasteiger charge is 2.42. The number of rotatable bonds is 4. The molecule has 6 heteroatoms. The summed E-state index contributed by atoms with van der Waals surface area (Å²) in [6, 6.07) is 21.3. The summed E-state index contributed by atoms with van der Waals surface area (Å²) in [6.45, 7) is 0. The lowest BCUT2D eigenvalue weighted by molar-refractivity contribution is -0.119. The minimum Gasteiger partial charge on any atom is -0.497 e. The van der Waals surface area contributed by atoms with Gasteiger partial charge in [-0.1, -0.05) is 48.0 Å². The van der Waals surface area contributed by atoms with Crippen LogP contribution in [0.3, 0.4) is 0 Å². The molecule has 1 N–H and O–H groups in total. The molecule has 3 aromatic carbocycles. The van der Waals surface area contributed by atoms with E-state index in [9.17, 15) is 9.59 Å². The number of anilines is 1. The number of amides is 2. The van der Waals surface area contributed by atoms with Gasteiger partial charge in [-0.25, -0.2) is 0 Å². The van der Waals surface area contributed by atoms with Crippen LogP contribution in [0.5, 0.6) is 5.75 Å². The molecule has 0 fully saturated rings. The number of hydrogen-bond acceptors (Lipinski definition) is 3. The fraction of sp³-hybridized carbons (Fsp3) is 0.167. The third kappa shape index (κ3) is 3.64. The zero-order valence-corrected chi connectivity index (χ0v) is 17.4. The summed E-state index contributed by atoms with van der Waals surface area (Å²) in [5.74, 6) is -0.191. The first-order valence-corrected chi connectivity index (χ1v) is 9.94. The number of methoxy groups -OCH3 is 1. The molecule has 0 saturated heterocycles. The Kier molecular flexibility index (Phi) is 5.46. The number of carbonyl (C=O) groups excluding carboxylic acids is 2. The SMILES string of the molecule is COc1ccc([C@@H]2[C@@H](C(=O)Nc3cccc(Cl)c3)c3ccccc3C(=O)N2C)cc1. The second-order valence-corrected chi connectivity index (χ2v) is 7.64. The van der Waals surface area contributed by atoms with E-state index in [4.69, 9.17) is 16.3 Å². The molecule has 0 radical (unpaired) electrons. The topological polar surface area (TPSA) is 58.6 Å². The summed E-state index contributed by atoms with van der Waals surface area (Å²) in [5, 5.41) is 3.50. The fourth-order valence-electron chi connectivity index (χ4n) is 3.96. The van der Waals surface area contributed by atoms with Crippen LogP contribution in [0.25, 0.3) is 0 Å². The summed E-state index contributed by atoms with van der Waals surface area (Å²) in [4.78, 5) is 28.2. The van der Waals surface area contributed by atoms with E-state index in [1.54, 1.807) is 49.4 Å². The molecular formula is C24H21ClN2O3. The number of nitrogens with zero attached hydrogens (tertiary/aromatic N) is 1. The lowest BCUT2D eigenvalue weighted by Crippen LogP contribution is -2.44. The van der Waals surface area contributed by atoms with Gasteiger partial charge in [0.1, 0.15) is 5.75 Å². The highest BCUT2D eigenvalue weighted by Crippen LogP contribution is 2.42. The normalized spacial score (nSPS) is 18.0. The fourth-order valence-corrected chi connectivity index (χ4v) is 4.15. The Morgan fingerprint density at radius 3 is 2.47 bits per heavy atom. The van der Waals surface area contributed by atoms with E-state index in [1.165, 1.54) is 0 Å². The second kappa shape index (κ2) is 8.20. The summed E-state index contributed by atoms with van der Waals surface area (Å²) >= 11 is 6.07. The van der Waals surface area contributed by atoms with Gasteiger partial charge in [0.05, 0.1) is 19.1 Å². The molecule has 2 amide bonds. The molecule has 1 aliphatic heterocycles. The Labute approximate surface area is 180 Å². The van der Waals surface area contributed by atoms with E-state index in [0.29, 0.717) is 27.6 Å². The van der Waals surface area contributed by atoms with Crippen LogP contribution < -0.4 is 10.1 Å². The zero-order valence-electron chi connectivity index (χ0n) is 16.6. The van der Waals surface area contributed by atoms with Crippen LogP contribution in [0, 0.1) is 0 Å². The van der Waals surface area contributed by atoms with Crippen molar-refractivity contribution in [2.75, 3.05) is 19.5 Å². The van der Waals surface area contributed by atoms with E-state index in [2.05, 4.69) is 5.32 Å². The highest BCUT2D eigenvalue weighted by atomic mass is 35.5. The molecule has 0 bridgehead atoms. The van der Waals surface area contributed by atoms with Gasteiger partial charge < -0.3 is 15.0 Å². The molecule has 0 unspecified atom stereocenters. The van der Waals surface area contributed by atoms with Gasteiger partial charge in [0.2, 0.25) is 5.91 Å². The maximum atomic E-state index is 13.5. The van der Waals surface area contributed by atoms with Crippen molar-refractivity contribution in [3.05, 3.63) is 94.5 Å². The van der Waals surface area contributed by atoms with Crippen LogP contribution in [-0.4, -0.2) is 30.9 Å². The van der Waals surface area contributed by atoms with Crippen LogP contribution in [0.4, 0.5) is 5.69 Å². The van der Waals surface area contributed by atoms with Crippen LogP contribution in [0.2, 0.25) is 5.02 Å². The Hall–Kier alpha value is -3.31. The van der Waals surface area contributed by atoms with Gasteiger partial charge in [-0.2, -0.15) is 0 Å². The number of carbonyl (C=O) groups is 2. The minimum atomic E-state index is -0.587. The number of benzene rings is 3. The second-order valence-electron chi connectivity index (χ2n) is 7.20. The van der Waals surface area contributed by atoms with Gasteiger partial charge in [-0.3, -0.25) is 9.59 Å². The van der Waals surface area contributed by atoms with E-state index in [-0.39, 0.29) is 11.8 Å². The number of nitrogens with one attached hydrogen (secondary N) is 1. The lowest BCUT2D eigenvalue weighted by atomic mass is 9.79. The molecule has 30 heavy (non-hydrogen) atoms. The van der Waals surface area contributed by atoms with Gasteiger partial charge in [-0.15, -0.1) is 0 Å². The first-order chi connectivity index (χ1) is 14.5. The van der Waals surface area contributed by atoms with Crippen LogP contribution in [0.15, 0.2) is 72.8 Å².